The van der Waals surface area contributed by atoms with E-state index in [4.69, 9.17) is 4.42 Å². The minimum atomic E-state index is 0.403. The highest BCUT2D eigenvalue weighted by Crippen LogP contribution is 2.36. The van der Waals surface area contributed by atoms with E-state index in [1.807, 2.05) is 12.3 Å². The van der Waals surface area contributed by atoms with Crippen molar-refractivity contribution >= 4 is 0 Å². The number of hydrogen-bond donors (Lipinski definition) is 1. The first-order valence-corrected chi connectivity index (χ1v) is 8.68. The number of likely N-dealkylation sites (tertiary alicyclic amines) is 1. The van der Waals surface area contributed by atoms with Crippen molar-refractivity contribution in [2.75, 3.05) is 19.6 Å². The summed E-state index contributed by atoms with van der Waals surface area (Å²) in [7, 11) is 0. The van der Waals surface area contributed by atoms with Crippen molar-refractivity contribution in [3.8, 4) is 0 Å². The monoisotopic (exact) mass is 290 g/mol. The van der Waals surface area contributed by atoms with Crippen LogP contribution in [0.4, 0.5) is 0 Å². The fraction of sp³-hybridized carbons (Fsp3) is 0.778. The van der Waals surface area contributed by atoms with E-state index in [1.54, 1.807) is 0 Å². The van der Waals surface area contributed by atoms with Crippen molar-refractivity contribution in [3.63, 3.8) is 0 Å². The second-order valence-corrected chi connectivity index (χ2v) is 7.47. The average Bonchev–Trinajstić information content (AvgIpc) is 3.13. The van der Waals surface area contributed by atoms with Gasteiger partial charge in [-0.05, 0) is 56.3 Å². The zero-order chi connectivity index (χ0) is 14.7. The van der Waals surface area contributed by atoms with Crippen molar-refractivity contribution in [1.82, 2.24) is 10.2 Å². The van der Waals surface area contributed by atoms with Gasteiger partial charge in [-0.1, -0.05) is 26.7 Å². The summed E-state index contributed by atoms with van der Waals surface area (Å²) in [6.07, 6.45) is 9.88. The third-order valence-corrected chi connectivity index (χ3v) is 5.52. The average molecular weight is 290 g/mol. The van der Waals surface area contributed by atoms with Crippen LogP contribution in [0.15, 0.2) is 22.8 Å². The molecular formula is C18H30N2O. The highest BCUT2D eigenvalue weighted by atomic mass is 16.3. The molecule has 2 unspecified atom stereocenters. The summed E-state index contributed by atoms with van der Waals surface area (Å²) in [6, 6.07) is 5.20. The molecule has 1 aromatic heterocycles. The van der Waals surface area contributed by atoms with Gasteiger partial charge in [-0.15, -0.1) is 0 Å². The van der Waals surface area contributed by atoms with Gasteiger partial charge in [0.2, 0.25) is 0 Å². The number of rotatable bonds is 5. The van der Waals surface area contributed by atoms with E-state index in [1.165, 1.54) is 51.6 Å². The van der Waals surface area contributed by atoms with Crippen LogP contribution in [0.1, 0.15) is 64.2 Å². The first-order chi connectivity index (χ1) is 10.2. The molecule has 3 heteroatoms. The maximum absolute atomic E-state index is 5.72. The molecular weight excluding hydrogens is 260 g/mol. The Kier molecular flexibility index (Phi) is 4.70. The van der Waals surface area contributed by atoms with Gasteiger partial charge in [0.1, 0.15) is 5.76 Å². The van der Waals surface area contributed by atoms with Gasteiger partial charge in [-0.25, -0.2) is 0 Å². The number of furan rings is 1. The number of hydrogen-bond acceptors (Lipinski definition) is 3. The van der Waals surface area contributed by atoms with Gasteiger partial charge in [0.05, 0.1) is 12.3 Å². The smallest absolute Gasteiger partial charge is 0.122 e. The van der Waals surface area contributed by atoms with Crippen LogP contribution in [0.25, 0.3) is 0 Å². The van der Waals surface area contributed by atoms with E-state index in [9.17, 15) is 0 Å². The van der Waals surface area contributed by atoms with Crippen molar-refractivity contribution in [3.05, 3.63) is 24.2 Å². The Bertz CT molecular complexity index is 420. The lowest BCUT2D eigenvalue weighted by atomic mass is 9.73. The van der Waals surface area contributed by atoms with E-state index >= 15 is 0 Å². The fourth-order valence-electron chi connectivity index (χ4n) is 4.07. The molecule has 1 aromatic rings. The van der Waals surface area contributed by atoms with Crippen molar-refractivity contribution < 1.29 is 4.42 Å². The summed E-state index contributed by atoms with van der Waals surface area (Å²) >= 11 is 0. The van der Waals surface area contributed by atoms with Crippen LogP contribution in [0.5, 0.6) is 0 Å². The molecule has 2 aliphatic rings. The van der Waals surface area contributed by atoms with Crippen LogP contribution in [0.2, 0.25) is 0 Å². The van der Waals surface area contributed by atoms with Crippen LogP contribution in [-0.2, 0) is 0 Å². The van der Waals surface area contributed by atoms with E-state index in [-0.39, 0.29) is 0 Å². The Morgan fingerprint density at radius 1 is 1.29 bits per heavy atom. The fourth-order valence-corrected chi connectivity index (χ4v) is 4.07. The first-order valence-electron chi connectivity index (χ1n) is 8.68. The molecule has 1 N–H and O–H groups in total. The summed E-state index contributed by atoms with van der Waals surface area (Å²) in [5.41, 5.74) is 0.428. The molecule has 0 bridgehead atoms. The van der Waals surface area contributed by atoms with Gasteiger partial charge in [0.15, 0.2) is 0 Å². The minimum Gasteiger partial charge on any atom is -0.468 e. The van der Waals surface area contributed by atoms with Crippen LogP contribution >= 0.6 is 0 Å². The highest BCUT2D eigenvalue weighted by Gasteiger charge is 2.33. The highest BCUT2D eigenvalue weighted by molar-refractivity contribution is 5.06. The molecule has 0 aromatic carbocycles. The van der Waals surface area contributed by atoms with Gasteiger partial charge in [0.25, 0.3) is 0 Å². The summed E-state index contributed by atoms with van der Waals surface area (Å²) in [5.74, 6) is 1.12. The van der Waals surface area contributed by atoms with Crippen molar-refractivity contribution in [2.24, 2.45) is 5.41 Å². The second-order valence-electron chi connectivity index (χ2n) is 7.47. The number of nitrogens with zero attached hydrogens (tertiary/aromatic N) is 1. The molecule has 2 heterocycles. The molecule has 2 fully saturated rings. The quantitative estimate of drug-likeness (QED) is 0.889. The molecule has 21 heavy (non-hydrogen) atoms. The normalized spacial score (nSPS) is 27.8. The van der Waals surface area contributed by atoms with Gasteiger partial charge < -0.3 is 9.73 Å². The summed E-state index contributed by atoms with van der Waals surface area (Å²) in [5, 5.41) is 3.88. The maximum Gasteiger partial charge on any atom is 0.122 e. The van der Waals surface area contributed by atoms with Gasteiger partial charge in [-0.2, -0.15) is 0 Å². The molecule has 2 atom stereocenters. The first kappa shape index (κ1) is 15.1. The largest absolute Gasteiger partial charge is 0.468 e. The van der Waals surface area contributed by atoms with Gasteiger partial charge in [-0.3, -0.25) is 4.90 Å². The van der Waals surface area contributed by atoms with E-state index in [2.05, 4.69) is 30.1 Å². The van der Waals surface area contributed by atoms with E-state index in [0.29, 0.717) is 17.5 Å². The Hall–Kier alpha value is -0.800. The zero-order valence-electron chi connectivity index (χ0n) is 13.6. The molecule has 0 amide bonds. The Morgan fingerprint density at radius 3 is 2.76 bits per heavy atom. The van der Waals surface area contributed by atoms with Crippen LogP contribution in [-0.4, -0.2) is 30.6 Å². The Labute approximate surface area is 129 Å². The lowest BCUT2D eigenvalue weighted by Crippen LogP contribution is -2.47. The van der Waals surface area contributed by atoms with Crippen molar-refractivity contribution in [1.29, 1.82) is 0 Å². The molecule has 3 nitrogen and oxygen atoms in total. The topological polar surface area (TPSA) is 28.4 Å². The predicted octanol–water partition coefficient (Wildman–Crippen LogP) is 3.97. The van der Waals surface area contributed by atoms with E-state index in [0.717, 1.165) is 12.3 Å². The summed E-state index contributed by atoms with van der Waals surface area (Å²) in [6.45, 7) is 8.27. The molecule has 0 radical (unpaired) electrons. The molecule has 118 valence electrons. The van der Waals surface area contributed by atoms with Crippen molar-refractivity contribution in [2.45, 2.75) is 64.5 Å². The molecule has 1 saturated carbocycles. The molecule has 3 rings (SSSR count). The molecule has 1 aliphatic carbocycles. The third kappa shape index (κ3) is 3.51. The van der Waals surface area contributed by atoms with Crippen LogP contribution in [0.3, 0.4) is 0 Å². The van der Waals surface area contributed by atoms with Crippen LogP contribution in [0, 0.1) is 5.41 Å². The minimum absolute atomic E-state index is 0.403. The standard InChI is InChI=1S/C18H30N2O/c1-18(2)10-4-3-9-17(18)19-14-15(16-8-7-13-21-16)20-11-5-6-12-20/h7-8,13,15,17,19H,3-6,9-12,14H2,1-2H3. The lowest BCUT2D eigenvalue weighted by Gasteiger charge is -2.40. The zero-order valence-corrected chi connectivity index (χ0v) is 13.6. The number of nitrogens with one attached hydrogen (secondary N) is 1. The van der Waals surface area contributed by atoms with Gasteiger partial charge >= 0.3 is 0 Å². The maximum atomic E-state index is 5.72. The second kappa shape index (κ2) is 6.53. The summed E-state index contributed by atoms with van der Waals surface area (Å²) in [4.78, 5) is 2.58. The molecule has 1 saturated heterocycles. The summed E-state index contributed by atoms with van der Waals surface area (Å²) < 4.78 is 5.72. The van der Waals surface area contributed by atoms with Crippen LogP contribution < -0.4 is 5.32 Å². The Balaban J connectivity index is 1.64. The predicted molar refractivity (Wildman–Crippen MR) is 86.3 cm³/mol. The third-order valence-electron chi connectivity index (χ3n) is 5.52. The Morgan fingerprint density at radius 2 is 2.10 bits per heavy atom. The molecule has 1 aliphatic heterocycles. The molecule has 0 spiro atoms. The van der Waals surface area contributed by atoms with Gasteiger partial charge in [0, 0.05) is 12.6 Å². The lowest BCUT2D eigenvalue weighted by molar-refractivity contribution is 0.143. The SMILES string of the molecule is CC1(C)CCCCC1NCC(c1ccco1)N1CCCC1. The van der Waals surface area contributed by atoms with E-state index < -0.39 is 0 Å².